The number of rotatable bonds is 1. The van der Waals surface area contributed by atoms with Gasteiger partial charge in [-0.3, -0.25) is 4.79 Å². The minimum Gasteiger partial charge on any atom is -0.507 e. The van der Waals surface area contributed by atoms with Gasteiger partial charge >= 0.3 is 0 Å². The second-order valence-corrected chi connectivity index (χ2v) is 7.26. The average molecular weight is 292 g/mol. The molecule has 20 heavy (non-hydrogen) atoms. The van der Waals surface area contributed by atoms with Gasteiger partial charge in [-0.15, -0.1) is 0 Å². The third kappa shape index (κ3) is 2.43. The molecule has 1 atom stereocenters. The van der Waals surface area contributed by atoms with Crippen LogP contribution in [-0.4, -0.2) is 16.0 Å². The summed E-state index contributed by atoms with van der Waals surface area (Å²) in [4.78, 5) is 12.1. The van der Waals surface area contributed by atoms with Gasteiger partial charge in [0.25, 0.3) is 5.91 Å². The summed E-state index contributed by atoms with van der Waals surface area (Å²) in [6.45, 7) is 11.7. The molecule has 3 N–H and O–H groups in total. The Morgan fingerprint density at radius 2 is 2.00 bits per heavy atom. The number of nitrogens with two attached hydrogens (primary N) is 1. The van der Waals surface area contributed by atoms with E-state index >= 15 is 0 Å². The predicted molar refractivity (Wildman–Crippen MR) is 82.0 cm³/mol. The highest BCUT2D eigenvalue weighted by Crippen LogP contribution is 2.45. The van der Waals surface area contributed by atoms with E-state index in [9.17, 15) is 9.90 Å². The first-order valence-electron chi connectivity index (χ1n) is 6.41. The van der Waals surface area contributed by atoms with E-state index in [-0.39, 0.29) is 16.6 Å². The van der Waals surface area contributed by atoms with Crippen LogP contribution in [0.5, 0.6) is 5.75 Å². The summed E-state index contributed by atoms with van der Waals surface area (Å²) in [5.74, 6) is 5.77. The van der Waals surface area contributed by atoms with Gasteiger partial charge in [0.2, 0.25) is 0 Å². The van der Waals surface area contributed by atoms with Crippen molar-refractivity contribution in [3.05, 3.63) is 40.4 Å². The van der Waals surface area contributed by atoms with Crippen LogP contribution in [0, 0.1) is 6.92 Å². The zero-order valence-corrected chi connectivity index (χ0v) is 13.0. The number of phenols is 1. The van der Waals surface area contributed by atoms with Crippen molar-refractivity contribution in [3.8, 4) is 5.75 Å². The van der Waals surface area contributed by atoms with Crippen molar-refractivity contribution in [1.29, 1.82) is 0 Å². The number of aromatic hydroxyl groups is 1. The molecule has 1 saturated heterocycles. The highest BCUT2D eigenvalue weighted by atomic mass is 32.2. The van der Waals surface area contributed by atoms with Gasteiger partial charge in [-0.2, -0.15) is 0 Å². The summed E-state index contributed by atoms with van der Waals surface area (Å²) in [7, 11) is 0. The van der Waals surface area contributed by atoms with E-state index in [0.717, 1.165) is 21.7 Å². The van der Waals surface area contributed by atoms with Crippen molar-refractivity contribution < 1.29 is 9.90 Å². The van der Waals surface area contributed by atoms with Gasteiger partial charge in [0.15, 0.2) is 0 Å². The highest BCUT2D eigenvalue weighted by Gasteiger charge is 2.36. The number of benzene rings is 1. The molecule has 0 aliphatic carbocycles. The Hall–Kier alpha value is -1.46. The van der Waals surface area contributed by atoms with Crippen LogP contribution in [0.25, 0.3) is 0 Å². The predicted octanol–water partition coefficient (Wildman–Crippen LogP) is 2.96. The number of hydrazine groups is 1. The van der Waals surface area contributed by atoms with E-state index in [2.05, 4.69) is 6.58 Å². The SMILES string of the molecule is C=C1SC(c2cc(C)c(O)c(C(C)(C)C)c2)C(=O)N1N. The minimum absolute atomic E-state index is 0.176. The number of carbonyl (C=O) groups is 1. The maximum Gasteiger partial charge on any atom is 0.259 e. The van der Waals surface area contributed by atoms with E-state index in [4.69, 9.17) is 5.84 Å². The van der Waals surface area contributed by atoms with Crippen LogP contribution >= 0.6 is 11.8 Å². The number of thioether (sulfide) groups is 1. The topological polar surface area (TPSA) is 66.6 Å². The molecule has 0 saturated carbocycles. The first kappa shape index (κ1) is 14.9. The van der Waals surface area contributed by atoms with Crippen LogP contribution in [0.15, 0.2) is 23.7 Å². The maximum atomic E-state index is 12.1. The summed E-state index contributed by atoms with van der Waals surface area (Å²) in [5, 5.41) is 11.5. The van der Waals surface area contributed by atoms with Crippen LogP contribution in [0.4, 0.5) is 0 Å². The molecular formula is C15H20N2O2S. The van der Waals surface area contributed by atoms with Crippen molar-refractivity contribution in [3.63, 3.8) is 0 Å². The van der Waals surface area contributed by atoms with Gasteiger partial charge in [0, 0.05) is 0 Å². The molecule has 1 heterocycles. The average Bonchev–Trinajstić information content (AvgIpc) is 2.59. The fourth-order valence-corrected chi connectivity index (χ4v) is 3.20. The van der Waals surface area contributed by atoms with Crippen LogP contribution in [0.1, 0.15) is 42.7 Å². The molecule has 1 unspecified atom stereocenters. The van der Waals surface area contributed by atoms with E-state index in [1.807, 2.05) is 39.8 Å². The molecule has 4 nitrogen and oxygen atoms in total. The summed E-state index contributed by atoms with van der Waals surface area (Å²) in [6, 6.07) is 3.73. The standard InChI is InChI=1S/C15H20N2O2S/c1-8-6-10(7-11(12(8)18)15(3,4)5)13-14(19)17(16)9(2)20-13/h6-7,13,18H,2,16H2,1,3-5H3. The molecule has 0 radical (unpaired) electrons. The number of aryl methyl sites for hydroxylation is 1. The van der Waals surface area contributed by atoms with E-state index in [1.165, 1.54) is 11.8 Å². The zero-order valence-electron chi connectivity index (χ0n) is 12.2. The fourth-order valence-electron chi connectivity index (χ4n) is 2.23. The first-order chi connectivity index (χ1) is 9.12. The second kappa shape index (κ2) is 4.82. The summed E-state index contributed by atoms with van der Waals surface area (Å²) < 4.78 is 0. The smallest absolute Gasteiger partial charge is 0.259 e. The highest BCUT2D eigenvalue weighted by molar-refractivity contribution is 8.04. The largest absolute Gasteiger partial charge is 0.507 e. The number of phenolic OH excluding ortho intramolecular Hbond substituents is 1. The Morgan fingerprint density at radius 1 is 1.40 bits per heavy atom. The molecule has 1 aromatic carbocycles. The van der Waals surface area contributed by atoms with Crippen molar-refractivity contribution in [1.82, 2.24) is 5.01 Å². The number of nitrogens with zero attached hydrogens (tertiary/aromatic N) is 1. The van der Waals surface area contributed by atoms with Gasteiger partial charge in [-0.25, -0.2) is 10.9 Å². The molecule has 0 spiro atoms. The minimum atomic E-state index is -0.382. The van der Waals surface area contributed by atoms with Crippen molar-refractivity contribution in [2.24, 2.45) is 5.84 Å². The Balaban J connectivity index is 2.52. The summed E-state index contributed by atoms with van der Waals surface area (Å²) >= 11 is 1.34. The maximum absolute atomic E-state index is 12.1. The monoisotopic (exact) mass is 292 g/mol. The first-order valence-corrected chi connectivity index (χ1v) is 7.29. The third-order valence-electron chi connectivity index (χ3n) is 3.42. The van der Waals surface area contributed by atoms with Crippen molar-refractivity contribution in [2.45, 2.75) is 38.4 Å². The fraction of sp³-hybridized carbons (Fsp3) is 0.400. The van der Waals surface area contributed by atoms with E-state index in [1.54, 1.807) is 0 Å². The third-order valence-corrected chi connectivity index (χ3v) is 4.60. The molecule has 2 rings (SSSR count). The molecule has 0 aromatic heterocycles. The Labute approximate surface area is 123 Å². The lowest BCUT2D eigenvalue weighted by molar-refractivity contribution is -0.127. The zero-order chi connectivity index (χ0) is 15.2. The summed E-state index contributed by atoms with van der Waals surface area (Å²) in [5.41, 5.74) is 2.26. The molecular weight excluding hydrogens is 272 g/mol. The lowest BCUT2D eigenvalue weighted by Gasteiger charge is -2.23. The van der Waals surface area contributed by atoms with Gasteiger partial charge in [0.1, 0.15) is 11.0 Å². The number of hydrogen-bond acceptors (Lipinski definition) is 4. The van der Waals surface area contributed by atoms with Crippen LogP contribution < -0.4 is 5.84 Å². The van der Waals surface area contributed by atoms with Gasteiger partial charge in [-0.05, 0) is 35.1 Å². The molecule has 1 amide bonds. The van der Waals surface area contributed by atoms with Gasteiger partial charge in [-0.1, -0.05) is 45.2 Å². The van der Waals surface area contributed by atoms with Crippen molar-refractivity contribution in [2.75, 3.05) is 0 Å². The summed E-state index contributed by atoms with van der Waals surface area (Å²) in [6.07, 6.45) is 0. The molecule has 1 fully saturated rings. The van der Waals surface area contributed by atoms with Gasteiger partial charge in [0.05, 0.1) is 5.03 Å². The normalized spacial score (nSPS) is 19.9. The quantitative estimate of drug-likeness (QED) is 0.617. The van der Waals surface area contributed by atoms with Gasteiger partial charge < -0.3 is 5.11 Å². The number of hydrogen-bond donors (Lipinski definition) is 2. The lowest BCUT2D eigenvalue weighted by atomic mass is 9.83. The van der Waals surface area contributed by atoms with Crippen LogP contribution in [0.2, 0.25) is 0 Å². The van der Waals surface area contributed by atoms with E-state index in [0.29, 0.717) is 10.8 Å². The molecule has 0 bridgehead atoms. The molecule has 108 valence electrons. The molecule has 1 aliphatic heterocycles. The molecule has 5 heteroatoms. The molecule has 1 aromatic rings. The lowest BCUT2D eigenvalue weighted by Crippen LogP contribution is -2.32. The van der Waals surface area contributed by atoms with Crippen molar-refractivity contribution >= 4 is 17.7 Å². The van der Waals surface area contributed by atoms with Crippen LogP contribution in [0.3, 0.4) is 0 Å². The second-order valence-electron chi connectivity index (χ2n) is 6.08. The Kier molecular flexibility index (Phi) is 3.60. The molecule has 1 aliphatic rings. The number of amides is 1. The van der Waals surface area contributed by atoms with E-state index < -0.39 is 0 Å². The number of carbonyl (C=O) groups excluding carboxylic acids is 1. The Bertz CT molecular complexity index is 590. The Morgan fingerprint density at radius 3 is 2.45 bits per heavy atom. The van der Waals surface area contributed by atoms with Crippen LogP contribution in [-0.2, 0) is 10.2 Å².